The summed E-state index contributed by atoms with van der Waals surface area (Å²) in [6.07, 6.45) is 6.67. The van der Waals surface area contributed by atoms with E-state index in [9.17, 15) is 15.2 Å². The molecule has 1 aliphatic heterocycles. The molecule has 8 nitrogen and oxygen atoms in total. The fourth-order valence-corrected chi connectivity index (χ4v) is 3.97. The summed E-state index contributed by atoms with van der Waals surface area (Å²) in [6, 6.07) is 7.76. The van der Waals surface area contributed by atoms with Crippen LogP contribution in [-0.4, -0.2) is 42.7 Å². The van der Waals surface area contributed by atoms with Gasteiger partial charge in [0.2, 0.25) is 0 Å². The molecule has 1 unspecified atom stereocenters. The molecule has 0 radical (unpaired) electrons. The number of benzene rings is 1. The van der Waals surface area contributed by atoms with Crippen LogP contribution in [0.3, 0.4) is 0 Å². The summed E-state index contributed by atoms with van der Waals surface area (Å²) in [5.41, 5.74) is 0.0479. The number of nitrogens with one attached hydrogen (secondary N) is 1. The molecule has 0 saturated carbocycles. The molecule has 1 aromatic heterocycles. The third-order valence-corrected chi connectivity index (χ3v) is 6.43. The van der Waals surface area contributed by atoms with E-state index in [4.69, 9.17) is 11.6 Å². The lowest BCUT2D eigenvalue weighted by Crippen LogP contribution is -2.47. The lowest BCUT2D eigenvalue weighted by Gasteiger charge is -2.40. The summed E-state index contributed by atoms with van der Waals surface area (Å²) >= 11 is 7.40. The summed E-state index contributed by atoms with van der Waals surface area (Å²) in [7, 11) is 0. The average Bonchev–Trinajstić information content (AvgIpc) is 3.20. The second kappa shape index (κ2) is 11.5. The lowest BCUT2D eigenvalue weighted by atomic mass is 9.73. The van der Waals surface area contributed by atoms with Gasteiger partial charge in [-0.25, -0.2) is 4.98 Å². The van der Waals surface area contributed by atoms with E-state index in [-0.39, 0.29) is 5.41 Å². The number of thioether (sulfide) groups is 1. The molecule has 1 aromatic carbocycles. The van der Waals surface area contributed by atoms with Crippen LogP contribution in [0.1, 0.15) is 39.2 Å². The number of nitrogens with zero attached hydrogens (tertiary/aromatic N) is 4. The van der Waals surface area contributed by atoms with Gasteiger partial charge in [0.1, 0.15) is 17.7 Å². The molecule has 2 heterocycles. The third-order valence-electron chi connectivity index (χ3n) is 5.13. The van der Waals surface area contributed by atoms with Crippen molar-refractivity contribution in [2.45, 2.75) is 52.2 Å². The first-order chi connectivity index (χ1) is 14.6. The van der Waals surface area contributed by atoms with Gasteiger partial charge in [-0.3, -0.25) is 14.8 Å². The number of hydrogen-bond donors (Lipinski definition) is 2. The highest BCUT2D eigenvalue weighted by Crippen LogP contribution is 2.35. The minimum Gasteiger partial charge on any atom is -0.387 e. The molecule has 1 aliphatic rings. The highest BCUT2D eigenvalue weighted by molar-refractivity contribution is 8.03. The van der Waals surface area contributed by atoms with Crippen LogP contribution in [0.5, 0.6) is 0 Å². The Bertz CT molecular complexity index is 845. The zero-order chi connectivity index (χ0) is 22.9. The largest absolute Gasteiger partial charge is 0.387 e. The molecular formula is C21H30ClN5O3S. The Balaban J connectivity index is 0.000000285. The van der Waals surface area contributed by atoms with Gasteiger partial charge in [-0.05, 0) is 42.4 Å². The van der Waals surface area contributed by atoms with Crippen molar-refractivity contribution in [1.82, 2.24) is 20.1 Å². The predicted molar refractivity (Wildman–Crippen MR) is 124 cm³/mol. The van der Waals surface area contributed by atoms with Gasteiger partial charge < -0.3 is 10.4 Å². The Kier molecular flexibility index (Phi) is 9.33. The Hall–Kier alpha value is -2.10. The zero-order valence-corrected chi connectivity index (χ0v) is 19.7. The van der Waals surface area contributed by atoms with Gasteiger partial charge in [0, 0.05) is 17.3 Å². The van der Waals surface area contributed by atoms with Gasteiger partial charge >= 0.3 is 0 Å². The smallest absolute Gasteiger partial charge is 0.263 e. The number of rotatable bonds is 6. The van der Waals surface area contributed by atoms with E-state index in [1.54, 1.807) is 11.0 Å². The SMILES string of the molecule is CC(C)(C)C(O)(CCc1ccc(Cl)cc1)Cn1cncn1.O=[N+]([O-])/C=C1/NCCCS1. The summed E-state index contributed by atoms with van der Waals surface area (Å²) in [4.78, 5) is 13.5. The summed E-state index contributed by atoms with van der Waals surface area (Å²) in [5.74, 6) is 0.979. The first kappa shape index (κ1) is 25.2. The van der Waals surface area contributed by atoms with Gasteiger partial charge in [-0.2, -0.15) is 5.10 Å². The van der Waals surface area contributed by atoms with Crippen LogP contribution in [0, 0.1) is 15.5 Å². The Morgan fingerprint density at radius 3 is 2.58 bits per heavy atom. The van der Waals surface area contributed by atoms with E-state index in [1.807, 2.05) is 45.0 Å². The Morgan fingerprint density at radius 1 is 1.35 bits per heavy atom. The molecule has 0 aliphatic carbocycles. The summed E-state index contributed by atoms with van der Waals surface area (Å²) < 4.78 is 1.69. The van der Waals surface area contributed by atoms with Crippen molar-refractivity contribution in [2.75, 3.05) is 12.3 Å². The van der Waals surface area contributed by atoms with Crippen molar-refractivity contribution in [3.63, 3.8) is 0 Å². The van der Waals surface area contributed by atoms with E-state index < -0.39 is 10.5 Å². The standard InChI is InChI=1S/C16H22ClN3O.C5H8N2O2S/c1-15(2,3)16(21,10-20-12-18-11-19-20)9-8-13-4-6-14(17)7-5-13;8-7(9)4-5-6-2-1-3-10-5/h4-7,11-12,21H,8-10H2,1-3H3;4,6H,1-3H2/b;5-4-. The summed E-state index contributed by atoms with van der Waals surface area (Å²) in [5, 5.41) is 29.5. The van der Waals surface area contributed by atoms with Crippen LogP contribution >= 0.6 is 23.4 Å². The number of aromatic nitrogens is 3. The first-order valence-corrected chi connectivity index (χ1v) is 11.5. The van der Waals surface area contributed by atoms with Gasteiger partial charge in [-0.15, -0.1) is 11.8 Å². The molecule has 2 aromatic rings. The van der Waals surface area contributed by atoms with Crippen LogP contribution in [0.25, 0.3) is 0 Å². The highest BCUT2D eigenvalue weighted by atomic mass is 35.5. The molecule has 0 amide bonds. The van der Waals surface area contributed by atoms with Crippen molar-refractivity contribution < 1.29 is 10.0 Å². The second-order valence-corrected chi connectivity index (χ2v) is 9.98. The van der Waals surface area contributed by atoms with Crippen molar-refractivity contribution in [3.05, 3.63) is 68.8 Å². The second-order valence-electron chi connectivity index (χ2n) is 8.41. The fraction of sp³-hybridized carbons (Fsp3) is 0.524. The number of nitro groups is 1. The fourth-order valence-electron chi connectivity index (χ4n) is 2.97. The van der Waals surface area contributed by atoms with Gasteiger partial charge in [-0.1, -0.05) is 44.5 Å². The van der Waals surface area contributed by atoms with Gasteiger partial charge in [0.05, 0.1) is 17.1 Å². The molecule has 31 heavy (non-hydrogen) atoms. The van der Waals surface area contributed by atoms with Crippen molar-refractivity contribution in [2.24, 2.45) is 5.41 Å². The van der Waals surface area contributed by atoms with Gasteiger partial charge in [0.15, 0.2) is 0 Å². The predicted octanol–water partition coefficient (Wildman–Crippen LogP) is 4.13. The van der Waals surface area contributed by atoms with Crippen LogP contribution in [-0.2, 0) is 13.0 Å². The minimum atomic E-state index is -0.861. The number of halogens is 1. The molecule has 1 atom stereocenters. The number of aliphatic hydroxyl groups is 1. The maximum Gasteiger partial charge on any atom is 0.263 e. The molecule has 3 rings (SSSR count). The zero-order valence-electron chi connectivity index (χ0n) is 18.1. The number of aryl methyl sites for hydroxylation is 1. The quantitative estimate of drug-likeness (QED) is 0.485. The van der Waals surface area contributed by atoms with E-state index in [1.165, 1.54) is 23.7 Å². The Morgan fingerprint density at radius 2 is 2.06 bits per heavy atom. The molecule has 10 heteroatoms. The minimum absolute atomic E-state index is 0.259. The molecule has 0 spiro atoms. The van der Waals surface area contributed by atoms with Crippen LogP contribution in [0.4, 0.5) is 0 Å². The molecule has 2 N–H and O–H groups in total. The Labute approximate surface area is 192 Å². The molecule has 170 valence electrons. The van der Waals surface area contributed by atoms with E-state index in [0.717, 1.165) is 36.4 Å². The van der Waals surface area contributed by atoms with Crippen molar-refractivity contribution in [3.8, 4) is 0 Å². The molecular weight excluding hydrogens is 438 g/mol. The highest BCUT2D eigenvalue weighted by Gasteiger charge is 2.40. The normalized spacial score (nSPS) is 17.3. The maximum atomic E-state index is 11.1. The summed E-state index contributed by atoms with van der Waals surface area (Å²) in [6.45, 7) is 7.43. The molecule has 0 bridgehead atoms. The van der Waals surface area contributed by atoms with E-state index >= 15 is 0 Å². The van der Waals surface area contributed by atoms with Crippen LogP contribution in [0.15, 0.2) is 48.1 Å². The van der Waals surface area contributed by atoms with Crippen molar-refractivity contribution in [1.29, 1.82) is 0 Å². The number of hydrogen-bond acceptors (Lipinski definition) is 7. The van der Waals surface area contributed by atoms with E-state index in [2.05, 4.69) is 15.4 Å². The molecule has 1 saturated heterocycles. The van der Waals surface area contributed by atoms with Crippen molar-refractivity contribution >= 4 is 23.4 Å². The van der Waals surface area contributed by atoms with Crippen LogP contribution < -0.4 is 5.32 Å². The van der Waals surface area contributed by atoms with E-state index in [0.29, 0.717) is 18.0 Å². The van der Waals surface area contributed by atoms with Crippen LogP contribution in [0.2, 0.25) is 5.02 Å². The monoisotopic (exact) mass is 467 g/mol. The topological polar surface area (TPSA) is 106 Å². The maximum absolute atomic E-state index is 11.1. The third kappa shape index (κ3) is 8.51. The lowest BCUT2D eigenvalue weighted by molar-refractivity contribution is -0.403. The van der Waals surface area contributed by atoms with Gasteiger partial charge in [0.25, 0.3) is 6.20 Å². The average molecular weight is 468 g/mol. The molecule has 1 fully saturated rings. The first-order valence-electron chi connectivity index (χ1n) is 10.1.